The molecule has 158 valence electrons. The van der Waals surface area contributed by atoms with Gasteiger partial charge < -0.3 is 9.47 Å². The van der Waals surface area contributed by atoms with Crippen molar-refractivity contribution in [1.29, 1.82) is 0 Å². The maximum atomic E-state index is 12.3. The van der Waals surface area contributed by atoms with E-state index in [-0.39, 0.29) is 5.75 Å². The number of hydrogen-bond acceptors (Lipinski definition) is 6. The van der Waals surface area contributed by atoms with Crippen LogP contribution >= 0.6 is 11.3 Å². The molecular formula is C22H24N2O4S2. The Morgan fingerprint density at radius 3 is 2.63 bits per heavy atom. The molecule has 0 aliphatic carbocycles. The molecular weight excluding hydrogens is 420 g/mol. The van der Waals surface area contributed by atoms with E-state index in [9.17, 15) is 8.42 Å². The Balaban J connectivity index is 1.63. The van der Waals surface area contributed by atoms with Gasteiger partial charge in [-0.1, -0.05) is 6.07 Å². The fraction of sp³-hybridized carbons (Fsp3) is 0.318. The fourth-order valence-corrected chi connectivity index (χ4v) is 5.57. The summed E-state index contributed by atoms with van der Waals surface area (Å²) in [6.07, 6.45) is 0.718. The van der Waals surface area contributed by atoms with Crippen molar-refractivity contribution in [2.24, 2.45) is 0 Å². The molecule has 0 fully saturated rings. The van der Waals surface area contributed by atoms with Gasteiger partial charge in [-0.3, -0.25) is 4.31 Å². The summed E-state index contributed by atoms with van der Waals surface area (Å²) in [5, 5.41) is 2.91. The van der Waals surface area contributed by atoms with E-state index in [2.05, 4.69) is 6.07 Å². The molecule has 8 heteroatoms. The van der Waals surface area contributed by atoms with Crippen molar-refractivity contribution in [2.45, 2.75) is 20.3 Å². The van der Waals surface area contributed by atoms with Crippen LogP contribution in [0, 0.1) is 0 Å². The fourth-order valence-electron chi connectivity index (χ4n) is 3.59. The summed E-state index contributed by atoms with van der Waals surface area (Å²) in [7, 11) is -1.61. The zero-order valence-electron chi connectivity index (χ0n) is 17.2. The number of fused-ring (bicyclic) bond motifs is 1. The van der Waals surface area contributed by atoms with Gasteiger partial charge in [-0.15, -0.1) is 11.3 Å². The van der Waals surface area contributed by atoms with Crippen LogP contribution in [0.25, 0.3) is 21.8 Å². The zero-order chi connectivity index (χ0) is 21.3. The molecule has 2 aromatic carbocycles. The molecule has 6 nitrogen and oxygen atoms in total. The van der Waals surface area contributed by atoms with Crippen LogP contribution in [0.5, 0.6) is 11.5 Å². The van der Waals surface area contributed by atoms with Gasteiger partial charge >= 0.3 is 0 Å². The lowest BCUT2D eigenvalue weighted by Crippen LogP contribution is -2.30. The number of hydrogen-bond donors (Lipinski definition) is 0. The van der Waals surface area contributed by atoms with E-state index >= 15 is 0 Å². The predicted octanol–water partition coefficient (Wildman–Crippen LogP) is 4.60. The first kappa shape index (κ1) is 20.7. The highest BCUT2D eigenvalue weighted by atomic mass is 32.2. The number of aromatic nitrogens is 1. The Labute approximate surface area is 181 Å². The highest BCUT2D eigenvalue weighted by Crippen LogP contribution is 2.37. The quantitative estimate of drug-likeness (QED) is 0.533. The summed E-state index contributed by atoms with van der Waals surface area (Å²) in [6, 6.07) is 11.7. The zero-order valence-corrected chi connectivity index (χ0v) is 18.8. The molecule has 3 aromatic rings. The van der Waals surface area contributed by atoms with Crippen LogP contribution in [-0.2, 0) is 16.4 Å². The Hall–Kier alpha value is -2.58. The van der Waals surface area contributed by atoms with E-state index in [1.165, 1.54) is 4.31 Å². The van der Waals surface area contributed by atoms with E-state index in [0.717, 1.165) is 39.5 Å². The average Bonchev–Trinajstić information content (AvgIpc) is 3.41. The van der Waals surface area contributed by atoms with Crippen LogP contribution < -0.4 is 13.8 Å². The van der Waals surface area contributed by atoms with Crippen molar-refractivity contribution >= 4 is 27.0 Å². The number of rotatable bonds is 7. The van der Waals surface area contributed by atoms with Crippen molar-refractivity contribution in [1.82, 2.24) is 4.98 Å². The van der Waals surface area contributed by atoms with Crippen LogP contribution in [-0.4, -0.2) is 39.4 Å². The standard InChI is InChI=1S/C22H24N2O4S2/c1-4-28-20-9-7-17(13-21(20)27-3)22-23-18(14-29-22)15-6-8-19-16(12-15)10-11-24(19)30(25,26)5-2/h6-9,12-14H,4-5,10-11H2,1-3H3. The normalized spacial score (nSPS) is 13.4. The van der Waals surface area contributed by atoms with Crippen molar-refractivity contribution in [3.8, 4) is 33.3 Å². The van der Waals surface area contributed by atoms with Gasteiger partial charge in [0.1, 0.15) is 5.01 Å². The molecule has 0 spiro atoms. The number of sulfonamides is 1. The maximum Gasteiger partial charge on any atom is 0.234 e. The van der Waals surface area contributed by atoms with Gasteiger partial charge in [-0.25, -0.2) is 13.4 Å². The molecule has 0 N–H and O–H groups in total. The van der Waals surface area contributed by atoms with E-state index in [1.54, 1.807) is 25.4 Å². The molecule has 0 saturated heterocycles. The molecule has 0 radical (unpaired) electrons. The third-order valence-corrected chi connectivity index (χ3v) is 7.82. The molecule has 1 aromatic heterocycles. The molecule has 1 aliphatic rings. The number of thiazole rings is 1. The molecule has 1 aliphatic heterocycles. The Morgan fingerprint density at radius 1 is 1.10 bits per heavy atom. The van der Waals surface area contributed by atoms with Gasteiger partial charge in [0.25, 0.3) is 0 Å². The second-order valence-electron chi connectivity index (χ2n) is 6.90. The second-order valence-corrected chi connectivity index (χ2v) is 9.94. The topological polar surface area (TPSA) is 68.7 Å². The number of benzene rings is 2. The van der Waals surface area contributed by atoms with Gasteiger partial charge in [0.2, 0.25) is 10.0 Å². The minimum atomic E-state index is -3.24. The van der Waals surface area contributed by atoms with E-state index in [0.29, 0.717) is 24.7 Å². The number of methoxy groups -OCH3 is 1. The van der Waals surface area contributed by atoms with Gasteiger partial charge in [-0.2, -0.15) is 0 Å². The van der Waals surface area contributed by atoms with E-state index in [1.807, 2.05) is 42.6 Å². The molecule has 4 rings (SSSR count). The summed E-state index contributed by atoms with van der Waals surface area (Å²) >= 11 is 1.56. The van der Waals surface area contributed by atoms with Crippen LogP contribution in [0.4, 0.5) is 5.69 Å². The first-order chi connectivity index (χ1) is 14.5. The second kappa shape index (κ2) is 8.28. The lowest BCUT2D eigenvalue weighted by Gasteiger charge is -2.18. The number of nitrogens with zero attached hydrogens (tertiary/aromatic N) is 2. The van der Waals surface area contributed by atoms with E-state index in [4.69, 9.17) is 14.5 Å². The van der Waals surface area contributed by atoms with Gasteiger partial charge in [0.15, 0.2) is 11.5 Å². The summed E-state index contributed by atoms with van der Waals surface area (Å²) < 4.78 is 37.1. The molecule has 0 atom stereocenters. The van der Waals surface area contributed by atoms with Crippen LogP contribution in [0.2, 0.25) is 0 Å². The molecule has 30 heavy (non-hydrogen) atoms. The molecule has 0 bridgehead atoms. The van der Waals surface area contributed by atoms with Crippen LogP contribution in [0.1, 0.15) is 19.4 Å². The maximum absolute atomic E-state index is 12.3. The summed E-state index contributed by atoms with van der Waals surface area (Å²) in [6.45, 7) is 4.69. The Bertz CT molecular complexity index is 1170. The summed E-state index contributed by atoms with van der Waals surface area (Å²) in [5.41, 5.74) is 4.66. The summed E-state index contributed by atoms with van der Waals surface area (Å²) in [5.74, 6) is 1.50. The van der Waals surface area contributed by atoms with Crippen molar-refractivity contribution in [2.75, 3.05) is 30.3 Å². The molecule has 0 unspecified atom stereocenters. The first-order valence-electron chi connectivity index (χ1n) is 9.87. The third-order valence-electron chi connectivity index (χ3n) is 5.14. The van der Waals surface area contributed by atoms with E-state index < -0.39 is 10.0 Å². The Kier molecular flexibility index (Phi) is 5.71. The summed E-state index contributed by atoms with van der Waals surface area (Å²) in [4.78, 5) is 4.80. The smallest absolute Gasteiger partial charge is 0.234 e. The van der Waals surface area contributed by atoms with Crippen molar-refractivity contribution < 1.29 is 17.9 Å². The molecule has 0 amide bonds. The highest BCUT2D eigenvalue weighted by Gasteiger charge is 2.28. The third kappa shape index (κ3) is 3.77. The minimum Gasteiger partial charge on any atom is -0.493 e. The van der Waals surface area contributed by atoms with Crippen molar-refractivity contribution in [3.63, 3.8) is 0 Å². The molecule has 2 heterocycles. The SMILES string of the molecule is CCOc1ccc(-c2nc(-c3ccc4c(c3)CCN4S(=O)(=O)CC)cs2)cc1OC. The van der Waals surface area contributed by atoms with Crippen LogP contribution in [0.15, 0.2) is 41.8 Å². The monoisotopic (exact) mass is 444 g/mol. The van der Waals surface area contributed by atoms with Crippen molar-refractivity contribution in [3.05, 3.63) is 47.3 Å². The van der Waals surface area contributed by atoms with Crippen LogP contribution in [0.3, 0.4) is 0 Å². The van der Waals surface area contributed by atoms with Gasteiger partial charge in [-0.05, 0) is 56.2 Å². The lowest BCUT2D eigenvalue weighted by atomic mass is 10.1. The Morgan fingerprint density at radius 2 is 1.90 bits per heavy atom. The minimum absolute atomic E-state index is 0.106. The average molecular weight is 445 g/mol. The largest absolute Gasteiger partial charge is 0.493 e. The number of anilines is 1. The molecule has 0 saturated carbocycles. The highest BCUT2D eigenvalue weighted by molar-refractivity contribution is 7.92. The first-order valence-corrected chi connectivity index (χ1v) is 12.4. The van der Waals surface area contributed by atoms with Gasteiger partial charge in [0, 0.05) is 23.1 Å². The lowest BCUT2D eigenvalue weighted by molar-refractivity contribution is 0.311. The number of ether oxygens (including phenoxy) is 2. The predicted molar refractivity (Wildman–Crippen MR) is 121 cm³/mol. The van der Waals surface area contributed by atoms with Gasteiger partial charge in [0.05, 0.1) is 30.9 Å².